The van der Waals surface area contributed by atoms with Crippen LogP contribution in [0.1, 0.15) is 42.8 Å². The van der Waals surface area contributed by atoms with Crippen LogP contribution in [0.2, 0.25) is 0 Å². The molecule has 0 spiro atoms. The maximum Gasteiger partial charge on any atom is 0.190 e. The molecule has 2 rings (SSSR count). The predicted molar refractivity (Wildman–Crippen MR) is 88.0 cm³/mol. The van der Waals surface area contributed by atoms with Gasteiger partial charge in [0.15, 0.2) is 5.13 Å². The quantitative estimate of drug-likeness (QED) is 0.897. The highest BCUT2D eigenvalue weighted by molar-refractivity contribution is 7.15. The van der Waals surface area contributed by atoms with E-state index in [-0.39, 0.29) is 0 Å². The van der Waals surface area contributed by atoms with Gasteiger partial charge in [-0.2, -0.15) is 0 Å². The van der Waals surface area contributed by atoms with Crippen molar-refractivity contribution < 1.29 is 0 Å². The highest BCUT2D eigenvalue weighted by atomic mass is 32.1. The number of hydrogen-bond acceptors (Lipinski definition) is 4. The summed E-state index contributed by atoms with van der Waals surface area (Å²) in [6.07, 6.45) is 0. The van der Waals surface area contributed by atoms with Gasteiger partial charge < -0.3 is 10.6 Å². The molecule has 0 aliphatic heterocycles. The minimum atomic E-state index is 0.412. The minimum absolute atomic E-state index is 0.412. The van der Waals surface area contributed by atoms with Crippen LogP contribution >= 0.6 is 11.3 Å². The van der Waals surface area contributed by atoms with Gasteiger partial charge in [-0.1, -0.05) is 37.3 Å². The summed E-state index contributed by atoms with van der Waals surface area (Å²) in [7, 11) is 0. The molecule has 0 radical (unpaired) electrons. The zero-order chi connectivity index (χ0) is 14.7. The van der Waals surface area contributed by atoms with Crippen LogP contribution in [-0.2, 0) is 6.54 Å². The molecule has 0 fully saturated rings. The Morgan fingerprint density at radius 1 is 1.35 bits per heavy atom. The van der Waals surface area contributed by atoms with Crippen LogP contribution in [0.15, 0.2) is 24.3 Å². The lowest BCUT2D eigenvalue weighted by Crippen LogP contribution is -2.15. The van der Waals surface area contributed by atoms with Crippen molar-refractivity contribution in [2.24, 2.45) is 5.73 Å². The van der Waals surface area contributed by atoms with Crippen molar-refractivity contribution in [1.29, 1.82) is 0 Å². The summed E-state index contributed by atoms with van der Waals surface area (Å²) >= 11 is 1.71. The van der Waals surface area contributed by atoms with E-state index in [9.17, 15) is 0 Å². The van der Waals surface area contributed by atoms with E-state index in [1.165, 1.54) is 16.1 Å². The standard InChI is InChI=1S/C16H23N3S/c1-5-19(13-8-6-7-12(4)9-13)16-18-15(11(2)3)14(10-17)20-16/h6-9,11H,5,10,17H2,1-4H3. The molecule has 20 heavy (non-hydrogen) atoms. The largest absolute Gasteiger partial charge is 0.326 e. The van der Waals surface area contributed by atoms with Gasteiger partial charge in [-0.3, -0.25) is 0 Å². The van der Waals surface area contributed by atoms with Crippen molar-refractivity contribution in [2.45, 2.75) is 40.2 Å². The van der Waals surface area contributed by atoms with Gasteiger partial charge in [0.25, 0.3) is 0 Å². The molecule has 0 saturated heterocycles. The van der Waals surface area contributed by atoms with Crippen molar-refractivity contribution in [3.63, 3.8) is 0 Å². The van der Waals surface area contributed by atoms with Gasteiger partial charge in [0.05, 0.1) is 5.69 Å². The Labute approximate surface area is 125 Å². The fourth-order valence-corrected chi connectivity index (χ4v) is 3.47. The fourth-order valence-electron chi connectivity index (χ4n) is 2.29. The molecule has 0 bridgehead atoms. The molecule has 0 unspecified atom stereocenters. The maximum absolute atomic E-state index is 5.86. The molecule has 1 aromatic heterocycles. The van der Waals surface area contributed by atoms with Crippen molar-refractivity contribution in [1.82, 2.24) is 4.98 Å². The molecule has 0 atom stereocenters. The zero-order valence-corrected chi connectivity index (χ0v) is 13.5. The second kappa shape index (κ2) is 6.37. The Morgan fingerprint density at radius 3 is 2.60 bits per heavy atom. The van der Waals surface area contributed by atoms with Gasteiger partial charge in [-0.25, -0.2) is 4.98 Å². The van der Waals surface area contributed by atoms with Crippen LogP contribution in [-0.4, -0.2) is 11.5 Å². The summed E-state index contributed by atoms with van der Waals surface area (Å²) in [6, 6.07) is 8.54. The van der Waals surface area contributed by atoms with Gasteiger partial charge in [-0.05, 0) is 37.5 Å². The fraction of sp³-hybridized carbons (Fsp3) is 0.438. The van der Waals surface area contributed by atoms with Gasteiger partial charge >= 0.3 is 0 Å². The van der Waals surface area contributed by atoms with Crippen LogP contribution in [0.3, 0.4) is 0 Å². The smallest absolute Gasteiger partial charge is 0.190 e. The number of rotatable bonds is 5. The molecule has 1 aromatic carbocycles. The van der Waals surface area contributed by atoms with E-state index in [0.717, 1.165) is 17.4 Å². The summed E-state index contributed by atoms with van der Waals surface area (Å²) in [4.78, 5) is 8.27. The van der Waals surface area contributed by atoms with Crippen molar-refractivity contribution in [3.8, 4) is 0 Å². The molecule has 0 saturated carbocycles. The lowest BCUT2D eigenvalue weighted by molar-refractivity contribution is 0.809. The lowest BCUT2D eigenvalue weighted by Gasteiger charge is -2.20. The van der Waals surface area contributed by atoms with Gasteiger partial charge in [-0.15, -0.1) is 0 Å². The maximum atomic E-state index is 5.86. The average molecular weight is 289 g/mol. The summed E-state index contributed by atoms with van der Waals surface area (Å²) in [5, 5.41) is 1.04. The van der Waals surface area contributed by atoms with E-state index in [1.54, 1.807) is 11.3 Å². The van der Waals surface area contributed by atoms with Gasteiger partial charge in [0.1, 0.15) is 0 Å². The van der Waals surface area contributed by atoms with Crippen LogP contribution < -0.4 is 10.6 Å². The van der Waals surface area contributed by atoms with Crippen LogP contribution in [0.25, 0.3) is 0 Å². The zero-order valence-electron chi connectivity index (χ0n) is 12.7. The Morgan fingerprint density at radius 2 is 2.10 bits per heavy atom. The molecular weight excluding hydrogens is 266 g/mol. The summed E-state index contributed by atoms with van der Waals surface area (Å²) < 4.78 is 0. The third-order valence-corrected chi connectivity index (χ3v) is 4.43. The number of benzene rings is 1. The minimum Gasteiger partial charge on any atom is -0.326 e. The highest BCUT2D eigenvalue weighted by Crippen LogP contribution is 2.34. The third kappa shape index (κ3) is 3.02. The van der Waals surface area contributed by atoms with Gasteiger partial charge in [0, 0.05) is 23.7 Å². The number of aromatic nitrogens is 1. The third-order valence-electron chi connectivity index (χ3n) is 3.31. The molecule has 0 amide bonds. The van der Waals surface area contributed by atoms with E-state index < -0.39 is 0 Å². The molecule has 4 heteroatoms. The van der Waals surface area contributed by atoms with E-state index in [4.69, 9.17) is 10.7 Å². The normalized spacial score (nSPS) is 11.1. The first-order valence-electron chi connectivity index (χ1n) is 7.10. The number of hydrogen-bond donors (Lipinski definition) is 1. The first-order chi connectivity index (χ1) is 9.56. The number of nitrogens with two attached hydrogens (primary N) is 1. The SMILES string of the molecule is CCN(c1cccc(C)c1)c1nc(C(C)C)c(CN)s1. The van der Waals surface area contributed by atoms with Gasteiger partial charge in [0.2, 0.25) is 0 Å². The van der Waals surface area contributed by atoms with Crippen LogP contribution in [0.4, 0.5) is 10.8 Å². The van der Waals surface area contributed by atoms with Crippen molar-refractivity contribution >= 4 is 22.2 Å². The van der Waals surface area contributed by atoms with E-state index in [2.05, 4.69) is 56.9 Å². The first-order valence-corrected chi connectivity index (χ1v) is 7.92. The summed E-state index contributed by atoms with van der Waals surface area (Å²) in [5.74, 6) is 0.412. The number of nitrogens with zero attached hydrogens (tertiary/aromatic N) is 2. The molecule has 3 nitrogen and oxygen atoms in total. The van der Waals surface area contributed by atoms with E-state index in [0.29, 0.717) is 12.5 Å². The van der Waals surface area contributed by atoms with E-state index in [1.807, 2.05) is 0 Å². The highest BCUT2D eigenvalue weighted by Gasteiger charge is 2.17. The number of thiazole rings is 1. The molecule has 1 heterocycles. The van der Waals surface area contributed by atoms with Crippen LogP contribution in [0.5, 0.6) is 0 Å². The van der Waals surface area contributed by atoms with E-state index >= 15 is 0 Å². The molecule has 2 N–H and O–H groups in total. The summed E-state index contributed by atoms with van der Waals surface area (Å²) in [5.41, 5.74) is 9.45. The van der Waals surface area contributed by atoms with Crippen molar-refractivity contribution in [2.75, 3.05) is 11.4 Å². The Bertz CT molecular complexity index is 575. The second-order valence-electron chi connectivity index (χ2n) is 5.25. The lowest BCUT2D eigenvalue weighted by atomic mass is 10.1. The number of anilines is 2. The number of aryl methyl sites for hydroxylation is 1. The molecule has 108 valence electrons. The Hall–Kier alpha value is -1.39. The molecule has 2 aromatic rings. The predicted octanol–water partition coefficient (Wildman–Crippen LogP) is 4.19. The topological polar surface area (TPSA) is 42.2 Å². The van der Waals surface area contributed by atoms with Crippen LogP contribution in [0, 0.1) is 6.92 Å². The molecule has 0 aliphatic carbocycles. The summed E-state index contributed by atoms with van der Waals surface area (Å²) in [6.45, 7) is 10.1. The monoisotopic (exact) mass is 289 g/mol. The first kappa shape index (κ1) is 15.0. The molecule has 0 aliphatic rings. The second-order valence-corrected chi connectivity index (χ2v) is 6.31. The Balaban J connectivity index is 2.42. The van der Waals surface area contributed by atoms with Crippen molar-refractivity contribution in [3.05, 3.63) is 40.4 Å². The Kier molecular flexibility index (Phi) is 4.78. The molecular formula is C16H23N3S. The average Bonchev–Trinajstić information content (AvgIpc) is 2.84.